The molecule has 0 bridgehead atoms. The molecule has 0 radical (unpaired) electrons. The summed E-state index contributed by atoms with van der Waals surface area (Å²) >= 11 is 12.5. The van der Waals surface area contributed by atoms with Crippen molar-refractivity contribution in [2.24, 2.45) is 5.41 Å². The fourth-order valence-corrected chi connectivity index (χ4v) is 5.09. The molecule has 3 aromatic rings. The quantitative estimate of drug-likeness (QED) is 0.374. The molecule has 1 heterocycles. The van der Waals surface area contributed by atoms with Crippen molar-refractivity contribution in [1.29, 1.82) is 0 Å². The molecule has 1 unspecified atom stereocenters. The van der Waals surface area contributed by atoms with Crippen molar-refractivity contribution < 1.29 is 9.59 Å². The van der Waals surface area contributed by atoms with Gasteiger partial charge in [-0.25, -0.2) is 0 Å². The maximum Gasteiger partial charge on any atom is 0.193 e. The highest BCUT2D eigenvalue weighted by atomic mass is 35.5. The monoisotopic (exact) mass is 490 g/mol. The fraction of sp³-hybridized carbons (Fsp3) is 0.214. The summed E-state index contributed by atoms with van der Waals surface area (Å²) in [6.45, 7) is 4.19. The summed E-state index contributed by atoms with van der Waals surface area (Å²) in [4.78, 5) is 26.5. The van der Waals surface area contributed by atoms with Gasteiger partial charge in [0.25, 0.3) is 0 Å². The second kappa shape index (κ2) is 8.61. The number of allylic oxidation sites excluding steroid dienone is 1. The number of carbonyl (C=O) groups is 2. The van der Waals surface area contributed by atoms with Crippen LogP contribution in [-0.2, 0) is 4.79 Å². The van der Waals surface area contributed by atoms with Gasteiger partial charge >= 0.3 is 0 Å². The van der Waals surface area contributed by atoms with E-state index in [0.29, 0.717) is 39.6 Å². The van der Waals surface area contributed by atoms with Crippen LogP contribution in [-0.4, -0.2) is 11.6 Å². The van der Waals surface area contributed by atoms with E-state index >= 15 is 0 Å². The normalized spacial score (nSPS) is 18.8. The zero-order valence-electron chi connectivity index (χ0n) is 18.9. The highest BCUT2D eigenvalue weighted by molar-refractivity contribution is 6.42. The van der Waals surface area contributed by atoms with Crippen LogP contribution in [0.1, 0.15) is 54.2 Å². The molecule has 0 fully saturated rings. The Bertz CT molecular complexity index is 1350. The maximum atomic E-state index is 13.4. The predicted molar refractivity (Wildman–Crippen MR) is 138 cm³/mol. The van der Waals surface area contributed by atoms with Crippen LogP contribution in [0.4, 0.5) is 11.4 Å². The number of carbonyl (C=O) groups excluding carboxylic acids is 2. The minimum absolute atomic E-state index is 0.0512. The van der Waals surface area contributed by atoms with Crippen molar-refractivity contribution in [1.82, 2.24) is 0 Å². The molecule has 34 heavy (non-hydrogen) atoms. The molecule has 4 nitrogen and oxygen atoms in total. The summed E-state index contributed by atoms with van der Waals surface area (Å²) in [5.41, 5.74) is 5.03. The molecule has 2 N–H and O–H groups in total. The second-order valence-electron chi connectivity index (χ2n) is 9.66. The predicted octanol–water partition coefficient (Wildman–Crippen LogP) is 7.45. The third-order valence-corrected chi connectivity index (χ3v) is 7.13. The summed E-state index contributed by atoms with van der Waals surface area (Å²) in [5, 5.41) is 7.94. The van der Waals surface area contributed by atoms with Crippen molar-refractivity contribution in [3.05, 3.63) is 105 Å². The van der Waals surface area contributed by atoms with E-state index in [1.165, 1.54) is 0 Å². The molecule has 0 spiro atoms. The molecule has 3 aromatic carbocycles. The molecule has 2 aliphatic rings. The first-order valence-electron chi connectivity index (χ1n) is 11.2. The number of hydrogen-bond acceptors (Lipinski definition) is 4. The SMILES string of the molecule is CC1(C)CC(=O)C2=C(C1)Nc1cc(C(=O)c3ccccc3)ccc1NC2c1ccc(Cl)c(Cl)c1. The number of hydrogen-bond donors (Lipinski definition) is 2. The number of ketones is 2. The Labute approximate surface area is 209 Å². The molecule has 0 amide bonds. The van der Waals surface area contributed by atoms with Crippen LogP contribution >= 0.6 is 23.2 Å². The first-order chi connectivity index (χ1) is 16.2. The zero-order chi connectivity index (χ0) is 24.0. The number of halogens is 2. The first kappa shape index (κ1) is 22.7. The van der Waals surface area contributed by atoms with Gasteiger partial charge in [0.15, 0.2) is 11.6 Å². The number of rotatable bonds is 3. The van der Waals surface area contributed by atoms with Gasteiger partial charge in [-0.15, -0.1) is 0 Å². The number of Topliss-reactive ketones (excluding diaryl/α,β-unsaturated/α-hetero) is 1. The second-order valence-corrected chi connectivity index (χ2v) is 10.5. The van der Waals surface area contributed by atoms with Gasteiger partial charge in [-0.1, -0.05) is 73.4 Å². The van der Waals surface area contributed by atoms with Gasteiger partial charge in [-0.05, 0) is 47.7 Å². The Morgan fingerprint density at radius 1 is 0.882 bits per heavy atom. The fourth-order valence-electron chi connectivity index (χ4n) is 4.78. The lowest BCUT2D eigenvalue weighted by Gasteiger charge is -2.34. The van der Waals surface area contributed by atoms with Crippen molar-refractivity contribution in [2.45, 2.75) is 32.7 Å². The van der Waals surface area contributed by atoms with Crippen LogP contribution in [0.2, 0.25) is 10.0 Å². The standard InChI is InChI=1S/C28H24Cl2N2O2/c1-28(2)14-23-25(24(33)15-28)26(17-8-10-19(29)20(30)12-17)32-21-11-9-18(13-22(21)31-23)27(34)16-6-4-3-5-7-16/h3-13,26,31-32H,14-15H2,1-2H3. The van der Waals surface area contributed by atoms with Crippen LogP contribution in [0.5, 0.6) is 0 Å². The smallest absolute Gasteiger partial charge is 0.193 e. The number of nitrogens with one attached hydrogen (secondary N) is 2. The van der Waals surface area contributed by atoms with Crippen molar-refractivity contribution in [3.8, 4) is 0 Å². The minimum Gasteiger partial charge on any atom is -0.372 e. The van der Waals surface area contributed by atoms with E-state index in [1.54, 1.807) is 12.1 Å². The minimum atomic E-state index is -0.391. The lowest BCUT2D eigenvalue weighted by Crippen LogP contribution is -2.31. The van der Waals surface area contributed by atoms with E-state index in [-0.39, 0.29) is 17.0 Å². The molecule has 1 atom stereocenters. The Morgan fingerprint density at radius 2 is 1.65 bits per heavy atom. The van der Waals surface area contributed by atoms with Crippen LogP contribution in [0.3, 0.4) is 0 Å². The molecule has 6 heteroatoms. The van der Waals surface area contributed by atoms with Gasteiger partial charge in [0.1, 0.15) is 0 Å². The van der Waals surface area contributed by atoms with Crippen LogP contribution < -0.4 is 10.6 Å². The Kier molecular flexibility index (Phi) is 5.75. The van der Waals surface area contributed by atoms with Crippen molar-refractivity contribution in [2.75, 3.05) is 10.6 Å². The number of anilines is 2. The van der Waals surface area contributed by atoms with E-state index in [1.807, 2.05) is 54.6 Å². The number of benzene rings is 3. The molecule has 1 aliphatic carbocycles. The summed E-state index contributed by atoms with van der Waals surface area (Å²) in [5.74, 6) is 0.0421. The Hall–Kier alpha value is -3.08. The van der Waals surface area contributed by atoms with Crippen molar-refractivity contribution >= 4 is 46.1 Å². The molecule has 0 saturated heterocycles. The van der Waals surface area contributed by atoms with Gasteiger partial charge in [0.2, 0.25) is 0 Å². The van der Waals surface area contributed by atoms with E-state index in [9.17, 15) is 9.59 Å². The van der Waals surface area contributed by atoms with E-state index in [4.69, 9.17) is 23.2 Å². The number of fused-ring (bicyclic) bond motifs is 1. The maximum absolute atomic E-state index is 13.4. The lowest BCUT2D eigenvalue weighted by molar-refractivity contribution is -0.118. The summed E-state index contributed by atoms with van der Waals surface area (Å²) < 4.78 is 0. The third-order valence-electron chi connectivity index (χ3n) is 6.39. The largest absolute Gasteiger partial charge is 0.372 e. The van der Waals surface area contributed by atoms with Crippen LogP contribution in [0.15, 0.2) is 78.0 Å². The molecule has 5 rings (SSSR count). The average Bonchev–Trinajstić information content (AvgIpc) is 2.96. The summed E-state index contributed by atoms with van der Waals surface area (Å²) in [6.07, 6.45) is 1.17. The van der Waals surface area contributed by atoms with Gasteiger partial charge in [0, 0.05) is 28.8 Å². The van der Waals surface area contributed by atoms with Crippen LogP contribution in [0, 0.1) is 5.41 Å². The zero-order valence-corrected chi connectivity index (χ0v) is 20.4. The Morgan fingerprint density at radius 3 is 2.38 bits per heavy atom. The summed E-state index contributed by atoms with van der Waals surface area (Å²) in [7, 11) is 0. The molecule has 1 aliphatic heterocycles. The summed E-state index contributed by atoms with van der Waals surface area (Å²) in [6, 6.07) is 19.8. The van der Waals surface area contributed by atoms with Gasteiger partial charge in [-0.2, -0.15) is 0 Å². The van der Waals surface area contributed by atoms with Crippen LogP contribution in [0.25, 0.3) is 0 Å². The van der Waals surface area contributed by atoms with E-state index in [0.717, 1.165) is 22.6 Å². The highest BCUT2D eigenvalue weighted by Crippen LogP contribution is 2.46. The molecule has 0 saturated carbocycles. The molecule has 0 aromatic heterocycles. The molecule has 172 valence electrons. The van der Waals surface area contributed by atoms with E-state index < -0.39 is 6.04 Å². The molecular weight excluding hydrogens is 467 g/mol. The first-order valence-corrected chi connectivity index (χ1v) is 12.0. The molecular formula is C28H24Cl2N2O2. The third kappa shape index (κ3) is 4.24. The average molecular weight is 491 g/mol. The van der Waals surface area contributed by atoms with Gasteiger partial charge < -0.3 is 10.6 Å². The topological polar surface area (TPSA) is 58.2 Å². The van der Waals surface area contributed by atoms with Crippen molar-refractivity contribution in [3.63, 3.8) is 0 Å². The Balaban J connectivity index is 1.62. The van der Waals surface area contributed by atoms with E-state index in [2.05, 4.69) is 24.5 Å². The van der Waals surface area contributed by atoms with Gasteiger partial charge in [-0.3, -0.25) is 9.59 Å². The lowest BCUT2D eigenvalue weighted by atomic mass is 9.73. The highest BCUT2D eigenvalue weighted by Gasteiger charge is 2.39. The van der Waals surface area contributed by atoms with Gasteiger partial charge in [0.05, 0.1) is 27.5 Å².